The highest BCUT2D eigenvalue weighted by atomic mass is 35.5. The molecule has 0 aliphatic heterocycles. The zero-order chi connectivity index (χ0) is 15.2. The first-order chi connectivity index (χ1) is 10.2. The predicted octanol–water partition coefficient (Wildman–Crippen LogP) is 6.72. The van der Waals surface area contributed by atoms with E-state index in [4.69, 9.17) is 28.5 Å². The summed E-state index contributed by atoms with van der Waals surface area (Å²) in [5.74, 6) is 1.45. The molecule has 0 aromatic heterocycles. The van der Waals surface area contributed by atoms with Crippen molar-refractivity contribution in [1.29, 1.82) is 5.26 Å². The van der Waals surface area contributed by atoms with Crippen molar-refractivity contribution in [2.75, 3.05) is 0 Å². The molecule has 0 N–H and O–H groups in total. The summed E-state index contributed by atoms with van der Waals surface area (Å²) in [7, 11) is 0. The molecule has 1 aliphatic carbocycles. The zero-order valence-corrected chi connectivity index (χ0v) is 14.2. The Morgan fingerprint density at radius 2 is 1.71 bits per heavy atom. The molecule has 1 nitrogen and oxygen atoms in total. The van der Waals surface area contributed by atoms with Gasteiger partial charge in [0.2, 0.25) is 0 Å². The minimum Gasteiger partial charge on any atom is -0.192 e. The first-order valence-corrected chi connectivity index (χ1v) is 8.80. The van der Waals surface area contributed by atoms with Crippen molar-refractivity contribution in [3.05, 3.63) is 33.3 Å². The SMILES string of the molecule is CCCCCC1CCC(c2cc(Cl)c(C#N)c(Cl)c2)CC1. The lowest BCUT2D eigenvalue weighted by Gasteiger charge is -2.29. The molecule has 1 saturated carbocycles. The van der Waals surface area contributed by atoms with E-state index in [1.54, 1.807) is 0 Å². The Kier molecular flexibility index (Phi) is 6.40. The number of benzene rings is 1. The van der Waals surface area contributed by atoms with E-state index in [1.807, 2.05) is 12.1 Å². The maximum absolute atomic E-state index is 9.02. The minimum atomic E-state index is 0.398. The van der Waals surface area contributed by atoms with Crippen molar-refractivity contribution in [3.63, 3.8) is 0 Å². The molecule has 2 rings (SSSR count). The third-order valence-electron chi connectivity index (χ3n) is 4.71. The van der Waals surface area contributed by atoms with Crippen molar-refractivity contribution in [1.82, 2.24) is 0 Å². The van der Waals surface area contributed by atoms with Gasteiger partial charge in [0.25, 0.3) is 0 Å². The van der Waals surface area contributed by atoms with Gasteiger partial charge in [0, 0.05) is 0 Å². The number of rotatable bonds is 5. The number of nitrogens with zero attached hydrogens (tertiary/aromatic N) is 1. The van der Waals surface area contributed by atoms with Gasteiger partial charge in [0.1, 0.15) is 6.07 Å². The van der Waals surface area contributed by atoms with E-state index >= 15 is 0 Å². The summed E-state index contributed by atoms with van der Waals surface area (Å²) in [6, 6.07) is 5.94. The molecule has 0 bridgehead atoms. The highest BCUT2D eigenvalue weighted by Gasteiger charge is 2.23. The topological polar surface area (TPSA) is 23.8 Å². The lowest BCUT2D eigenvalue weighted by atomic mass is 9.77. The number of halogens is 2. The first kappa shape index (κ1) is 16.7. The van der Waals surface area contributed by atoms with E-state index in [2.05, 4.69) is 13.0 Å². The fourth-order valence-corrected chi connectivity index (χ4v) is 3.99. The summed E-state index contributed by atoms with van der Waals surface area (Å²) in [4.78, 5) is 0. The van der Waals surface area contributed by atoms with Gasteiger partial charge in [-0.2, -0.15) is 5.26 Å². The largest absolute Gasteiger partial charge is 0.192 e. The molecule has 0 unspecified atom stereocenters. The zero-order valence-electron chi connectivity index (χ0n) is 12.7. The van der Waals surface area contributed by atoms with Crippen LogP contribution in [0.2, 0.25) is 10.0 Å². The lowest BCUT2D eigenvalue weighted by molar-refractivity contribution is 0.303. The normalized spacial score (nSPS) is 22.0. The maximum Gasteiger partial charge on any atom is 0.102 e. The second kappa shape index (κ2) is 8.06. The highest BCUT2D eigenvalue weighted by Crippen LogP contribution is 2.40. The predicted molar refractivity (Wildman–Crippen MR) is 90.0 cm³/mol. The quantitative estimate of drug-likeness (QED) is 0.552. The molecule has 1 aromatic carbocycles. The van der Waals surface area contributed by atoms with Gasteiger partial charge in [-0.25, -0.2) is 0 Å². The molecule has 114 valence electrons. The van der Waals surface area contributed by atoms with Gasteiger partial charge in [-0.3, -0.25) is 0 Å². The summed E-state index contributed by atoms with van der Waals surface area (Å²) in [5.41, 5.74) is 1.60. The molecule has 0 heterocycles. The fourth-order valence-electron chi connectivity index (χ4n) is 3.40. The van der Waals surface area contributed by atoms with Gasteiger partial charge in [-0.05, 0) is 55.2 Å². The fraction of sp³-hybridized carbons (Fsp3) is 0.611. The monoisotopic (exact) mass is 323 g/mol. The lowest BCUT2D eigenvalue weighted by Crippen LogP contribution is -2.13. The van der Waals surface area contributed by atoms with Gasteiger partial charge in [0.15, 0.2) is 0 Å². The van der Waals surface area contributed by atoms with Crippen LogP contribution in [0, 0.1) is 17.2 Å². The van der Waals surface area contributed by atoms with E-state index < -0.39 is 0 Å². The number of hydrogen-bond acceptors (Lipinski definition) is 1. The van der Waals surface area contributed by atoms with Gasteiger partial charge in [-0.1, -0.05) is 55.8 Å². The number of unbranched alkanes of at least 4 members (excludes halogenated alkanes) is 2. The summed E-state index contributed by atoms with van der Waals surface area (Å²) >= 11 is 12.3. The average Bonchev–Trinajstić information content (AvgIpc) is 2.48. The van der Waals surface area contributed by atoms with Crippen molar-refractivity contribution in [3.8, 4) is 6.07 Å². The van der Waals surface area contributed by atoms with Crippen molar-refractivity contribution in [2.45, 2.75) is 64.2 Å². The van der Waals surface area contributed by atoms with Crippen LogP contribution in [0.15, 0.2) is 12.1 Å². The van der Waals surface area contributed by atoms with E-state index in [0.717, 1.165) is 5.92 Å². The van der Waals surface area contributed by atoms with Crippen LogP contribution in [0.25, 0.3) is 0 Å². The summed E-state index contributed by atoms with van der Waals surface area (Å²) in [6.45, 7) is 2.26. The van der Waals surface area contributed by atoms with Crippen LogP contribution in [-0.2, 0) is 0 Å². The van der Waals surface area contributed by atoms with Crippen molar-refractivity contribution < 1.29 is 0 Å². The van der Waals surface area contributed by atoms with Crippen LogP contribution in [0.3, 0.4) is 0 Å². The third kappa shape index (κ3) is 4.38. The molecule has 21 heavy (non-hydrogen) atoms. The second-order valence-corrected chi connectivity index (χ2v) is 7.00. The van der Waals surface area contributed by atoms with Crippen LogP contribution < -0.4 is 0 Å². The molecular weight excluding hydrogens is 301 g/mol. The van der Waals surface area contributed by atoms with Gasteiger partial charge >= 0.3 is 0 Å². The third-order valence-corrected chi connectivity index (χ3v) is 5.31. The summed E-state index contributed by atoms with van der Waals surface area (Å²) in [6.07, 6.45) is 10.5. The smallest absolute Gasteiger partial charge is 0.102 e. The Morgan fingerprint density at radius 1 is 1.10 bits per heavy atom. The Balaban J connectivity index is 1.95. The van der Waals surface area contributed by atoms with Crippen LogP contribution in [-0.4, -0.2) is 0 Å². The molecule has 0 radical (unpaired) electrons. The molecule has 0 saturated heterocycles. The molecule has 3 heteroatoms. The number of nitriles is 1. The molecule has 0 spiro atoms. The van der Waals surface area contributed by atoms with E-state index in [0.29, 0.717) is 21.5 Å². The van der Waals surface area contributed by atoms with E-state index in [-0.39, 0.29) is 0 Å². The Bertz CT molecular complexity index is 487. The molecule has 1 aliphatic rings. The number of hydrogen-bond donors (Lipinski definition) is 0. The van der Waals surface area contributed by atoms with Crippen LogP contribution in [0.5, 0.6) is 0 Å². The van der Waals surface area contributed by atoms with Gasteiger partial charge in [-0.15, -0.1) is 0 Å². The van der Waals surface area contributed by atoms with Crippen molar-refractivity contribution >= 4 is 23.2 Å². The van der Waals surface area contributed by atoms with Gasteiger partial charge < -0.3 is 0 Å². The molecule has 1 fully saturated rings. The summed E-state index contributed by atoms with van der Waals surface area (Å²) < 4.78 is 0. The second-order valence-electron chi connectivity index (χ2n) is 6.18. The Labute approximate surface area is 138 Å². The Hall–Kier alpha value is -0.710. The Morgan fingerprint density at radius 3 is 2.24 bits per heavy atom. The molecule has 0 amide bonds. The first-order valence-electron chi connectivity index (χ1n) is 8.04. The minimum absolute atomic E-state index is 0.398. The van der Waals surface area contributed by atoms with E-state index in [1.165, 1.54) is 56.9 Å². The molecular formula is C18H23Cl2N. The maximum atomic E-state index is 9.02. The summed E-state index contributed by atoms with van der Waals surface area (Å²) in [5, 5.41) is 10.0. The highest BCUT2D eigenvalue weighted by molar-refractivity contribution is 6.36. The standard InChI is InChI=1S/C18H23Cl2N/c1-2-3-4-5-13-6-8-14(9-7-13)15-10-17(19)16(12-21)18(20)11-15/h10-11,13-14H,2-9H2,1H3. The van der Waals surface area contributed by atoms with Crippen LogP contribution in [0.4, 0.5) is 0 Å². The molecule has 1 aromatic rings. The van der Waals surface area contributed by atoms with Crippen LogP contribution in [0.1, 0.15) is 75.3 Å². The van der Waals surface area contributed by atoms with Gasteiger partial charge in [0.05, 0.1) is 15.6 Å². The molecule has 0 atom stereocenters. The van der Waals surface area contributed by atoms with Crippen molar-refractivity contribution in [2.24, 2.45) is 5.92 Å². The average molecular weight is 324 g/mol. The van der Waals surface area contributed by atoms with Crippen LogP contribution >= 0.6 is 23.2 Å². The van der Waals surface area contributed by atoms with E-state index in [9.17, 15) is 0 Å².